The van der Waals surface area contributed by atoms with Crippen LogP contribution in [0.15, 0.2) is 54.7 Å². The Kier molecular flexibility index (Phi) is 6.72. The summed E-state index contributed by atoms with van der Waals surface area (Å²) in [5.41, 5.74) is 0.743. The molecule has 2 aromatic carbocycles. The van der Waals surface area contributed by atoms with Gasteiger partial charge in [-0.1, -0.05) is 18.2 Å². The van der Waals surface area contributed by atoms with E-state index in [9.17, 15) is 14.0 Å². The van der Waals surface area contributed by atoms with E-state index in [1.54, 1.807) is 21.7 Å². The number of hydrogen-bond donors (Lipinski definition) is 1. The molecule has 1 unspecified atom stereocenters. The third-order valence-electron chi connectivity index (χ3n) is 6.89. The Morgan fingerprint density at radius 1 is 1.11 bits per heavy atom. The van der Waals surface area contributed by atoms with E-state index in [2.05, 4.69) is 11.4 Å². The minimum absolute atomic E-state index is 0.0786. The van der Waals surface area contributed by atoms with Crippen molar-refractivity contribution in [3.05, 3.63) is 66.1 Å². The molecule has 1 fully saturated rings. The van der Waals surface area contributed by atoms with Crippen LogP contribution in [-0.2, 0) is 27.3 Å². The van der Waals surface area contributed by atoms with Gasteiger partial charge in [0.1, 0.15) is 24.7 Å². The van der Waals surface area contributed by atoms with Crippen LogP contribution in [0, 0.1) is 5.82 Å². The molecule has 2 aliphatic heterocycles. The summed E-state index contributed by atoms with van der Waals surface area (Å²) >= 11 is 0. The van der Waals surface area contributed by atoms with Crippen LogP contribution in [0.2, 0.25) is 0 Å². The molecule has 1 aromatic heterocycles. The summed E-state index contributed by atoms with van der Waals surface area (Å²) in [5, 5.41) is 3.83. The molecule has 35 heavy (non-hydrogen) atoms. The maximum absolute atomic E-state index is 13.8. The number of carbonyl (C=O) groups excluding carboxylic acids is 2. The number of para-hydroxylation sites is 1. The van der Waals surface area contributed by atoms with Crippen LogP contribution in [-0.4, -0.2) is 59.7 Å². The van der Waals surface area contributed by atoms with Crippen molar-refractivity contribution in [1.82, 2.24) is 14.8 Å². The molecule has 1 atom stereocenters. The minimum atomic E-state index is -1.09. The first kappa shape index (κ1) is 23.4. The number of ether oxygens (including phenoxy) is 2. The van der Waals surface area contributed by atoms with Gasteiger partial charge in [0.2, 0.25) is 5.91 Å². The number of rotatable bonds is 2. The quantitative estimate of drug-likeness (QED) is 0.612. The summed E-state index contributed by atoms with van der Waals surface area (Å²) < 4.78 is 27.5. The molecule has 0 radical (unpaired) electrons. The molecule has 1 N–H and O–H groups in total. The third kappa shape index (κ3) is 5.03. The Morgan fingerprint density at radius 3 is 2.91 bits per heavy atom. The maximum Gasteiger partial charge on any atom is 0.254 e. The van der Waals surface area contributed by atoms with Crippen LogP contribution in [0.1, 0.15) is 24.8 Å². The maximum atomic E-state index is 13.8. The fourth-order valence-electron chi connectivity index (χ4n) is 5.00. The van der Waals surface area contributed by atoms with Crippen LogP contribution >= 0.6 is 0 Å². The largest absolute Gasteiger partial charge is 0.491 e. The number of nitrogens with one attached hydrogen (secondary N) is 1. The predicted molar refractivity (Wildman–Crippen MR) is 130 cm³/mol. The molecular weight excluding hydrogens is 449 g/mol. The molecule has 2 amide bonds. The van der Waals surface area contributed by atoms with Crippen molar-refractivity contribution in [2.45, 2.75) is 37.8 Å². The lowest BCUT2D eigenvalue weighted by Gasteiger charge is -2.42. The smallest absolute Gasteiger partial charge is 0.254 e. The van der Waals surface area contributed by atoms with Gasteiger partial charge in [-0.05, 0) is 67.0 Å². The summed E-state index contributed by atoms with van der Waals surface area (Å²) in [6.45, 7) is 1.70. The monoisotopic (exact) mass is 479 g/mol. The normalized spacial score (nSPS) is 21.5. The Labute approximate surface area is 203 Å². The molecule has 184 valence electrons. The number of nitrogens with zero attached hydrogens (tertiary/aromatic N) is 2. The van der Waals surface area contributed by atoms with Crippen molar-refractivity contribution in [2.75, 3.05) is 32.8 Å². The highest BCUT2D eigenvalue weighted by atomic mass is 19.1. The van der Waals surface area contributed by atoms with E-state index in [-0.39, 0.29) is 30.7 Å². The number of aryl methyl sites for hydroxylation is 1. The summed E-state index contributed by atoms with van der Waals surface area (Å²) in [6.07, 6.45) is 4.84. The highest BCUT2D eigenvalue weighted by molar-refractivity contribution is 5.87. The van der Waals surface area contributed by atoms with Gasteiger partial charge in [-0.15, -0.1) is 0 Å². The third-order valence-corrected chi connectivity index (χ3v) is 6.89. The van der Waals surface area contributed by atoms with Gasteiger partial charge in [-0.3, -0.25) is 9.59 Å². The highest BCUT2D eigenvalue weighted by Crippen LogP contribution is 2.28. The lowest BCUT2D eigenvalue weighted by molar-refractivity contribution is -0.168. The first-order chi connectivity index (χ1) is 17.0. The molecule has 0 bridgehead atoms. The summed E-state index contributed by atoms with van der Waals surface area (Å²) in [6, 6.07) is 14.4. The minimum Gasteiger partial charge on any atom is -0.491 e. The molecule has 0 saturated carbocycles. The molecule has 1 saturated heterocycles. The first-order valence-electron chi connectivity index (χ1n) is 12.2. The second-order valence-corrected chi connectivity index (χ2v) is 9.22. The van der Waals surface area contributed by atoms with Crippen molar-refractivity contribution in [3.8, 4) is 5.75 Å². The Hall–Kier alpha value is -3.39. The first-order valence-corrected chi connectivity index (χ1v) is 12.2. The van der Waals surface area contributed by atoms with Crippen molar-refractivity contribution < 1.29 is 23.5 Å². The van der Waals surface area contributed by atoms with E-state index in [0.717, 1.165) is 36.0 Å². The van der Waals surface area contributed by atoms with Crippen molar-refractivity contribution >= 4 is 22.7 Å². The molecule has 5 rings (SSSR count). The van der Waals surface area contributed by atoms with Crippen molar-refractivity contribution in [2.24, 2.45) is 0 Å². The molecule has 2 aliphatic rings. The van der Waals surface area contributed by atoms with Crippen LogP contribution < -0.4 is 10.1 Å². The zero-order chi connectivity index (χ0) is 24.3. The van der Waals surface area contributed by atoms with Gasteiger partial charge >= 0.3 is 0 Å². The second kappa shape index (κ2) is 10.1. The zero-order valence-electron chi connectivity index (χ0n) is 19.7. The van der Waals surface area contributed by atoms with E-state index in [0.29, 0.717) is 38.2 Å². The molecule has 0 aliphatic carbocycles. The standard InChI is InChI=1S/C27H30FN3O4/c28-22-9-8-20-10-13-30(23(20)17-22)18-25(32)31-14-16-35-27(19-31)11-4-3-6-21-5-1-2-7-24(21)34-15-12-29-26(27)33/h1-2,5,7-10,13,17H,3-4,6,11-12,14-16,18-19H2,(H,29,33). The van der Waals surface area contributed by atoms with Gasteiger partial charge in [0, 0.05) is 12.7 Å². The molecule has 3 aromatic rings. The van der Waals surface area contributed by atoms with E-state index in [1.807, 2.05) is 24.3 Å². The Morgan fingerprint density at radius 2 is 2.00 bits per heavy atom. The van der Waals surface area contributed by atoms with Crippen LogP contribution in [0.25, 0.3) is 10.9 Å². The van der Waals surface area contributed by atoms with E-state index < -0.39 is 5.60 Å². The summed E-state index contributed by atoms with van der Waals surface area (Å²) in [5.74, 6) is 0.193. The topological polar surface area (TPSA) is 72.8 Å². The van der Waals surface area contributed by atoms with E-state index in [1.165, 1.54) is 12.1 Å². The Bertz CT molecular complexity index is 1230. The number of halogens is 1. The van der Waals surface area contributed by atoms with Crippen LogP contribution in [0.5, 0.6) is 5.75 Å². The van der Waals surface area contributed by atoms with Crippen LogP contribution in [0.4, 0.5) is 4.39 Å². The zero-order valence-corrected chi connectivity index (χ0v) is 19.7. The number of benzene rings is 2. The van der Waals surface area contributed by atoms with Gasteiger partial charge in [0.15, 0.2) is 5.60 Å². The van der Waals surface area contributed by atoms with Crippen LogP contribution in [0.3, 0.4) is 0 Å². The average Bonchev–Trinajstić information content (AvgIpc) is 3.26. The average molecular weight is 480 g/mol. The van der Waals surface area contributed by atoms with Gasteiger partial charge in [-0.2, -0.15) is 0 Å². The SMILES string of the molecule is O=C(Cn1ccc2ccc(F)cc21)N1CCOC2(CCCCc3ccccc3OCCNC2=O)C1. The lowest BCUT2D eigenvalue weighted by Crippen LogP contribution is -2.61. The second-order valence-electron chi connectivity index (χ2n) is 9.22. The number of amides is 2. The van der Waals surface area contributed by atoms with Gasteiger partial charge < -0.3 is 24.3 Å². The fourth-order valence-corrected chi connectivity index (χ4v) is 5.00. The van der Waals surface area contributed by atoms with E-state index in [4.69, 9.17) is 9.47 Å². The van der Waals surface area contributed by atoms with E-state index >= 15 is 0 Å². The molecule has 3 heterocycles. The molecule has 1 spiro atoms. The summed E-state index contributed by atoms with van der Waals surface area (Å²) in [4.78, 5) is 28.2. The lowest BCUT2D eigenvalue weighted by atomic mass is 9.91. The van der Waals surface area contributed by atoms with Gasteiger partial charge in [-0.25, -0.2) is 4.39 Å². The number of carbonyl (C=O) groups is 2. The van der Waals surface area contributed by atoms with Crippen molar-refractivity contribution in [3.63, 3.8) is 0 Å². The highest BCUT2D eigenvalue weighted by Gasteiger charge is 2.44. The fraction of sp³-hybridized carbons (Fsp3) is 0.407. The molecule has 7 nitrogen and oxygen atoms in total. The number of morpholine rings is 1. The number of fused-ring (bicyclic) bond motifs is 2. The molecule has 8 heteroatoms. The van der Waals surface area contributed by atoms with Gasteiger partial charge in [0.25, 0.3) is 5.91 Å². The molecular formula is C27H30FN3O4. The Balaban J connectivity index is 1.30. The summed E-state index contributed by atoms with van der Waals surface area (Å²) in [7, 11) is 0. The number of aromatic nitrogens is 1. The van der Waals surface area contributed by atoms with Gasteiger partial charge in [0.05, 0.1) is 25.2 Å². The number of hydrogen-bond acceptors (Lipinski definition) is 4. The van der Waals surface area contributed by atoms with Crippen molar-refractivity contribution in [1.29, 1.82) is 0 Å². The predicted octanol–water partition coefficient (Wildman–Crippen LogP) is 3.30.